The molecule has 0 heterocycles. The Bertz CT molecular complexity index is 410. The summed E-state index contributed by atoms with van der Waals surface area (Å²) >= 11 is 8.26. The fraction of sp³-hybridized carbons (Fsp3) is 0.625. The summed E-state index contributed by atoms with van der Waals surface area (Å²) in [6.45, 7) is 14.2. The summed E-state index contributed by atoms with van der Waals surface area (Å²) in [4.78, 5) is 1.22. The lowest BCUT2D eigenvalue weighted by Crippen LogP contribution is -2.35. The van der Waals surface area contributed by atoms with Gasteiger partial charge in [0, 0.05) is 22.2 Å². The summed E-state index contributed by atoms with van der Waals surface area (Å²) in [5.41, 5.74) is 1.41. The van der Waals surface area contributed by atoms with E-state index in [4.69, 9.17) is 11.6 Å². The van der Waals surface area contributed by atoms with Crippen LogP contribution in [0.1, 0.15) is 47.1 Å². The minimum atomic E-state index is 0.119. The van der Waals surface area contributed by atoms with E-state index in [1.54, 1.807) is 0 Å². The third kappa shape index (κ3) is 5.76. The van der Waals surface area contributed by atoms with Crippen LogP contribution < -0.4 is 5.32 Å². The summed E-state index contributed by atoms with van der Waals surface area (Å²) in [5.74, 6) is 0.643. The largest absolute Gasteiger partial charge is 0.308 e. The van der Waals surface area contributed by atoms with Crippen LogP contribution in [-0.2, 0) is 6.54 Å². The Morgan fingerprint density at radius 1 is 1.21 bits per heavy atom. The molecule has 0 aliphatic rings. The zero-order chi connectivity index (χ0) is 14.6. The van der Waals surface area contributed by atoms with Crippen LogP contribution in [0.25, 0.3) is 0 Å². The molecule has 0 aliphatic carbocycles. The Labute approximate surface area is 127 Å². The molecule has 0 bridgehead atoms. The van der Waals surface area contributed by atoms with Crippen molar-refractivity contribution in [2.75, 3.05) is 0 Å². The molecule has 0 amide bonds. The standard InChI is InChI=1S/C16H26ClNS/c1-11(2)12(3)19-15-13(8-7-9-14(15)17)10-18-16(4,5)6/h7-9,11-12,18H,10H2,1-6H3. The van der Waals surface area contributed by atoms with Crippen LogP contribution in [0.5, 0.6) is 0 Å². The monoisotopic (exact) mass is 299 g/mol. The molecule has 1 unspecified atom stereocenters. The number of nitrogens with one attached hydrogen (secondary N) is 1. The molecule has 0 aliphatic heterocycles. The maximum atomic E-state index is 6.38. The lowest BCUT2D eigenvalue weighted by molar-refractivity contribution is 0.422. The number of benzene rings is 1. The molecule has 1 nitrogen and oxygen atoms in total. The Morgan fingerprint density at radius 2 is 1.84 bits per heavy atom. The maximum Gasteiger partial charge on any atom is 0.0545 e. The first kappa shape index (κ1) is 16.9. The van der Waals surface area contributed by atoms with Gasteiger partial charge in [-0.3, -0.25) is 0 Å². The molecule has 0 spiro atoms. The van der Waals surface area contributed by atoms with Crippen molar-refractivity contribution in [2.45, 2.75) is 63.8 Å². The fourth-order valence-electron chi connectivity index (χ4n) is 1.51. The van der Waals surface area contributed by atoms with E-state index < -0.39 is 0 Å². The van der Waals surface area contributed by atoms with Crippen molar-refractivity contribution in [1.29, 1.82) is 0 Å². The zero-order valence-electron chi connectivity index (χ0n) is 12.9. The van der Waals surface area contributed by atoms with E-state index in [0.29, 0.717) is 11.2 Å². The van der Waals surface area contributed by atoms with Crippen LogP contribution in [0.4, 0.5) is 0 Å². The van der Waals surface area contributed by atoms with Crippen molar-refractivity contribution in [3.63, 3.8) is 0 Å². The summed E-state index contributed by atoms with van der Waals surface area (Å²) in [6, 6.07) is 6.18. The highest BCUT2D eigenvalue weighted by atomic mass is 35.5. The van der Waals surface area contributed by atoms with Crippen LogP contribution in [-0.4, -0.2) is 10.8 Å². The molecule has 19 heavy (non-hydrogen) atoms. The van der Waals surface area contributed by atoms with Crippen LogP contribution >= 0.6 is 23.4 Å². The minimum absolute atomic E-state index is 0.119. The predicted molar refractivity (Wildman–Crippen MR) is 88.2 cm³/mol. The molecule has 1 aromatic carbocycles. The van der Waals surface area contributed by atoms with E-state index in [0.717, 1.165) is 11.6 Å². The number of thioether (sulfide) groups is 1. The maximum absolute atomic E-state index is 6.38. The van der Waals surface area contributed by atoms with E-state index in [1.807, 2.05) is 23.9 Å². The van der Waals surface area contributed by atoms with Gasteiger partial charge in [-0.25, -0.2) is 0 Å². The predicted octanol–water partition coefficient (Wildman–Crippen LogP) is 5.36. The van der Waals surface area contributed by atoms with Crippen LogP contribution in [0.2, 0.25) is 5.02 Å². The van der Waals surface area contributed by atoms with Crippen LogP contribution in [0, 0.1) is 5.92 Å². The van der Waals surface area contributed by atoms with Crippen molar-refractivity contribution in [1.82, 2.24) is 5.32 Å². The van der Waals surface area contributed by atoms with Crippen molar-refractivity contribution >= 4 is 23.4 Å². The molecule has 1 rings (SSSR count). The van der Waals surface area contributed by atoms with Gasteiger partial charge in [0.2, 0.25) is 0 Å². The first-order valence-corrected chi connectivity index (χ1v) is 8.15. The SMILES string of the molecule is CC(C)C(C)Sc1c(Cl)cccc1CNC(C)(C)C. The summed E-state index contributed by atoms with van der Waals surface area (Å²) < 4.78 is 0. The molecule has 1 aromatic rings. The second-order valence-electron chi connectivity index (χ2n) is 6.40. The number of hydrogen-bond donors (Lipinski definition) is 1. The molecule has 0 aromatic heterocycles. The number of rotatable bonds is 5. The summed E-state index contributed by atoms with van der Waals surface area (Å²) in [5, 5.41) is 4.97. The van der Waals surface area contributed by atoms with Gasteiger partial charge in [-0.1, -0.05) is 44.5 Å². The highest BCUT2D eigenvalue weighted by molar-refractivity contribution is 8.00. The van der Waals surface area contributed by atoms with Gasteiger partial charge < -0.3 is 5.32 Å². The quantitative estimate of drug-likeness (QED) is 0.734. The Kier molecular flexibility index (Phi) is 6.22. The zero-order valence-corrected chi connectivity index (χ0v) is 14.5. The Hall–Kier alpha value is -0.180. The molecule has 0 saturated carbocycles. The van der Waals surface area contributed by atoms with Crippen molar-refractivity contribution < 1.29 is 0 Å². The van der Waals surface area contributed by atoms with E-state index in [2.05, 4.69) is 52.9 Å². The van der Waals surface area contributed by atoms with E-state index >= 15 is 0 Å². The fourth-order valence-corrected chi connectivity index (χ4v) is 2.95. The van der Waals surface area contributed by atoms with Gasteiger partial charge in [-0.2, -0.15) is 0 Å². The topological polar surface area (TPSA) is 12.0 Å². The lowest BCUT2D eigenvalue weighted by Gasteiger charge is -2.23. The number of hydrogen-bond acceptors (Lipinski definition) is 2. The average Bonchev–Trinajstić information content (AvgIpc) is 2.28. The van der Waals surface area contributed by atoms with Crippen LogP contribution in [0.3, 0.4) is 0 Å². The molecular formula is C16H26ClNS. The molecule has 0 radical (unpaired) electrons. The van der Waals surface area contributed by atoms with Crippen molar-refractivity contribution in [3.05, 3.63) is 28.8 Å². The van der Waals surface area contributed by atoms with Gasteiger partial charge in [0.1, 0.15) is 0 Å². The molecule has 1 N–H and O–H groups in total. The second-order valence-corrected chi connectivity index (χ2v) is 8.19. The van der Waals surface area contributed by atoms with Crippen molar-refractivity contribution in [3.8, 4) is 0 Å². The summed E-state index contributed by atoms with van der Waals surface area (Å²) in [6.07, 6.45) is 0. The van der Waals surface area contributed by atoms with Gasteiger partial charge in [0.05, 0.1) is 5.02 Å². The van der Waals surface area contributed by atoms with Gasteiger partial charge in [-0.05, 0) is 38.3 Å². The average molecular weight is 300 g/mol. The third-order valence-corrected chi connectivity index (χ3v) is 5.16. The smallest absolute Gasteiger partial charge is 0.0545 e. The van der Waals surface area contributed by atoms with E-state index in [9.17, 15) is 0 Å². The normalized spacial score (nSPS) is 13.9. The number of halogens is 1. The van der Waals surface area contributed by atoms with Crippen molar-refractivity contribution in [2.24, 2.45) is 5.92 Å². The highest BCUT2D eigenvalue weighted by Gasteiger charge is 2.16. The minimum Gasteiger partial charge on any atom is -0.308 e. The van der Waals surface area contributed by atoms with Gasteiger partial charge in [0.15, 0.2) is 0 Å². The molecule has 0 fully saturated rings. The third-order valence-electron chi connectivity index (χ3n) is 3.10. The molecule has 108 valence electrons. The van der Waals surface area contributed by atoms with Gasteiger partial charge >= 0.3 is 0 Å². The van der Waals surface area contributed by atoms with Crippen LogP contribution in [0.15, 0.2) is 23.1 Å². The summed E-state index contributed by atoms with van der Waals surface area (Å²) in [7, 11) is 0. The van der Waals surface area contributed by atoms with E-state index in [1.165, 1.54) is 10.5 Å². The van der Waals surface area contributed by atoms with Gasteiger partial charge in [0.25, 0.3) is 0 Å². The molecule has 0 saturated heterocycles. The Balaban J connectivity index is 2.89. The van der Waals surface area contributed by atoms with E-state index in [-0.39, 0.29) is 5.54 Å². The molecule has 3 heteroatoms. The van der Waals surface area contributed by atoms with Gasteiger partial charge in [-0.15, -0.1) is 11.8 Å². The second kappa shape index (κ2) is 7.01. The first-order valence-electron chi connectivity index (χ1n) is 6.90. The lowest BCUT2D eigenvalue weighted by atomic mass is 10.1. The highest BCUT2D eigenvalue weighted by Crippen LogP contribution is 2.36. The first-order chi connectivity index (χ1) is 8.70. The Morgan fingerprint density at radius 3 is 2.37 bits per heavy atom. The molecular weight excluding hydrogens is 274 g/mol. The molecule has 1 atom stereocenters.